The predicted molar refractivity (Wildman–Crippen MR) is 111 cm³/mol. The van der Waals surface area contributed by atoms with Gasteiger partial charge < -0.3 is 4.90 Å². The number of benzene rings is 2. The molecule has 0 saturated carbocycles. The van der Waals surface area contributed by atoms with Crippen molar-refractivity contribution in [2.75, 3.05) is 18.5 Å². The molecule has 2 aromatic rings. The molecule has 0 aromatic heterocycles. The van der Waals surface area contributed by atoms with Crippen molar-refractivity contribution in [1.29, 1.82) is 0 Å². The largest absolute Gasteiger partial charge is 0.374 e. The van der Waals surface area contributed by atoms with E-state index < -0.39 is 0 Å². The molecule has 1 aliphatic rings. The number of aryl methyl sites for hydroxylation is 1. The maximum Gasteiger partial charge on any atom is 0.0446 e. The van der Waals surface area contributed by atoms with Crippen LogP contribution in [0.25, 0.3) is 11.6 Å². The fourth-order valence-corrected chi connectivity index (χ4v) is 3.80. The normalized spacial score (nSPS) is 13.0. The van der Waals surface area contributed by atoms with Crippen molar-refractivity contribution in [3.05, 3.63) is 76.4 Å². The fourth-order valence-electron chi connectivity index (χ4n) is 3.80. The zero-order chi connectivity index (χ0) is 18.0. The highest BCUT2D eigenvalue weighted by atomic mass is 15.1. The summed E-state index contributed by atoms with van der Waals surface area (Å²) in [6.07, 6.45) is 7.76. The van der Waals surface area contributed by atoms with Crippen LogP contribution < -0.4 is 4.90 Å². The summed E-state index contributed by atoms with van der Waals surface area (Å²) in [7, 11) is 2.21. The maximum atomic E-state index is 4.51. The minimum absolute atomic E-state index is 0.985. The van der Waals surface area contributed by atoms with E-state index in [0.29, 0.717) is 0 Å². The Morgan fingerprint density at radius 3 is 2.72 bits per heavy atom. The summed E-state index contributed by atoms with van der Waals surface area (Å²) in [5, 5.41) is 0. The van der Waals surface area contributed by atoms with Crippen LogP contribution in [0.2, 0.25) is 0 Å². The molecule has 0 spiro atoms. The molecule has 0 amide bonds. The SMILES string of the molecule is C=C1c2cc(C)ccc2Cc2c(/C=C\C)ccc(N(C)CCCC)c21. The highest BCUT2D eigenvalue weighted by Crippen LogP contribution is 2.42. The molecule has 130 valence electrons. The Balaban J connectivity index is 2.16. The number of nitrogens with zero attached hydrogens (tertiary/aromatic N) is 1. The molecule has 0 saturated heterocycles. The zero-order valence-electron chi connectivity index (χ0n) is 16.0. The van der Waals surface area contributed by atoms with E-state index in [-0.39, 0.29) is 0 Å². The molecule has 25 heavy (non-hydrogen) atoms. The van der Waals surface area contributed by atoms with E-state index in [4.69, 9.17) is 0 Å². The van der Waals surface area contributed by atoms with Crippen molar-refractivity contribution in [1.82, 2.24) is 0 Å². The molecule has 0 N–H and O–H groups in total. The van der Waals surface area contributed by atoms with Gasteiger partial charge in [0.05, 0.1) is 0 Å². The van der Waals surface area contributed by atoms with Gasteiger partial charge in [0.15, 0.2) is 0 Å². The van der Waals surface area contributed by atoms with Crippen molar-refractivity contribution < 1.29 is 0 Å². The first-order valence-electron chi connectivity index (χ1n) is 9.35. The van der Waals surface area contributed by atoms with Gasteiger partial charge in [-0.05, 0) is 60.6 Å². The molecule has 0 fully saturated rings. The van der Waals surface area contributed by atoms with Gasteiger partial charge in [0.25, 0.3) is 0 Å². The summed E-state index contributed by atoms with van der Waals surface area (Å²) in [5.74, 6) is 0. The van der Waals surface area contributed by atoms with Gasteiger partial charge in [0.2, 0.25) is 0 Å². The molecule has 0 radical (unpaired) electrons. The molecular weight excluding hydrogens is 302 g/mol. The maximum absolute atomic E-state index is 4.51. The van der Waals surface area contributed by atoms with Crippen molar-refractivity contribution in [2.24, 2.45) is 0 Å². The zero-order valence-corrected chi connectivity index (χ0v) is 16.0. The third-order valence-corrected chi connectivity index (χ3v) is 5.19. The second-order valence-electron chi connectivity index (χ2n) is 7.12. The monoisotopic (exact) mass is 331 g/mol. The Hall–Kier alpha value is -2.28. The summed E-state index contributed by atoms with van der Waals surface area (Å²) in [4.78, 5) is 2.40. The van der Waals surface area contributed by atoms with E-state index in [0.717, 1.165) is 13.0 Å². The number of rotatable bonds is 5. The molecule has 0 atom stereocenters. The van der Waals surface area contributed by atoms with E-state index in [1.165, 1.54) is 57.5 Å². The average molecular weight is 332 g/mol. The highest BCUT2D eigenvalue weighted by Gasteiger charge is 2.24. The van der Waals surface area contributed by atoms with Crippen LogP contribution in [0.1, 0.15) is 60.1 Å². The average Bonchev–Trinajstić information content (AvgIpc) is 2.61. The topological polar surface area (TPSA) is 3.24 Å². The summed E-state index contributed by atoms with van der Waals surface area (Å²) < 4.78 is 0. The Morgan fingerprint density at radius 1 is 1.20 bits per heavy atom. The number of unbranched alkanes of at least 4 members (excludes halogenated alkanes) is 1. The molecule has 0 unspecified atom stereocenters. The first-order valence-corrected chi connectivity index (χ1v) is 9.35. The minimum atomic E-state index is 0.985. The smallest absolute Gasteiger partial charge is 0.0446 e. The predicted octanol–water partition coefficient (Wildman–Crippen LogP) is 6.23. The molecule has 2 aromatic carbocycles. The number of anilines is 1. The van der Waals surface area contributed by atoms with Crippen LogP contribution >= 0.6 is 0 Å². The molecule has 3 rings (SSSR count). The van der Waals surface area contributed by atoms with Gasteiger partial charge in [0.1, 0.15) is 0 Å². The van der Waals surface area contributed by atoms with E-state index in [9.17, 15) is 0 Å². The Morgan fingerprint density at radius 2 is 2.00 bits per heavy atom. The van der Waals surface area contributed by atoms with Crippen LogP contribution in [0.4, 0.5) is 5.69 Å². The minimum Gasteiger partial charge on any atom is -0.374 e. The van der Waals surface area contributed by atoms with Crippen molar-refractivity contribution >= 4 is 17.3 Å². The molecular formula is C24H29N. The van der Waals surface area contributed by atoms with Gasteiger partial charge in [-0.3, -0.25) is 0 Å². The van der Waals surface area contributed by atoms with Crippen LogP contribution in [0.15, 0.2) is 43.0 Å². The lowest BCUT2D eigenvalue weighted by Gasteiger charge is -2.30. The van der Waals surface area contributed by atoms with Crippen molar-refractivity contribution in [3.63, 3.8) is 0 Å². The van der Waals surface area contributed by atoms with Gasteiger partial charge in [-0.1, -0.05) is 61.9 Å². The van der Waals surface area contributed by atoms with Gasteiger partial charge in [-0.15, -0.1) is 0 Å². The van der Waals surface area contributed by atoms with E-state index >= 15 is 0 Å². The number of hydrogen-bond donors (Lipinski definition) is 0. The van der Waals surface area contributed by atoms with Crippen molar-refractivity contribution in [2.45, 2.75) is 40.0 Å². The fraction of sp³-hybridized carbons (Fsp3) is 0.333. The van der Waals surface area contributed by atoms with Crippen LogP contribution in [0.3, 0.4) is 0 Å². The lowest BCUT2D eigenvalue weighted by Crippen LogP contribution is -2.22. The Kier molecular flexibility index (Phi) is 5.13. The van der Waals surface area contributed by atoms with E-state index in [1.54, 1.807) is 0 Å². The molecule has 1 heteroatoms. The highest BCUT2D eigenvalue weighted by molar-refractivity contribution is 5.92. The van der Waals surface area contributed by atoms with Crippen LogP contribution in [-0.4, -0.2) is 13.6 Å². The van der Waals surface area contributed by atoms with Gasteiger partial charge in [0, 0.05) is 24.8 Å². The van der Waals surface area contributed by atoms with Crippen LogP contribution in [0, 0.1) is 6.92 Å². The van der Waals surface area contributed by atoms with Crippen LogP contribution in [0.5, 0.6) is 0 Å². The number of hydrogen-bond acceptors (Lipinski definition) is 1. The standard InChI is InChI=1S/C24H29N/c1-6-8-14-25(5)23-13-12-19(9-7-2)22-16-20-11-10-17(3)15-21(20)18(4)24(22)23/h7,9-13,15H,4,6,8,14,16H2,1-3,5H3/b9-7-. The number of fused-ring (bicyclic) bond motifs is 2. The van der Waals surface area contributed by atoms with Gasteiger partial charge in [-0.2, -0.15) is 0 Å². The van der Waals surface area contributed by atoms with E-state index in [2.05, 4.69) is 81.8 Å². The third kappa shape index (κ3) is 3.28. The second-order valence-corrected chi connectivity index (χ2v) is 7.12. The van der Waals surface area contributed by atoms with Crippen LogP contribution in [-0.2, 0) is 6.42 Å². The quantitative estimate of drug-likeness (QED) is 0.535. The third-order valence-electron chi connectivity index (χ3n) is 5.19. The summed E-state index contributed by atoms with van der Waals surface area (Å²) in [6.45, 7) is 12.1. The molecule has 0 aliphatic heterocycles. The lowest BCUT2D eigenvalue weighted by molar-refractivity contribution is 0.765. The van der Waals surface area contributed by atoms with Gasteiger partial charge in [-0.25, -0.2) is 0 Å². The van der Waals surface area contributed by atoms with Gasteiger partial charge >= 0.3 is 0 Å². The first-order chi connectivity index (χ1) is 12.1. The first kappa shape index (κ1) is 17.5. The molecule has 0 heterocycles. The Bertz CT molecular complexity index is 826. The molecule has 1 aliphatic carbocycles. The molecule has 0 bridgehead atoms. The molecule has 1 nitrogen and oxygen atoms in total. The second kappa shape index (κ2) is 7.31. The summed E-state index contributed by atoms with van der Waals surface area (Å²) in [5.41, 5.74) is 10.6. The lowest BCUT2D eigenvalue weighted by atomic mass is 9.79. The Labute approximate surface area is 152 Å². The number of allylic oxidation sites excluding steroid dienone is 1. The summed E-state index contributed by atoms with van der Waals surface area (Å²) >= 11 is 0. The summed E-state index contributed by atoms with van der Waals surface area (Å²) in [6, 6.07) is 11.3. The van der Waals surface area contributed by atoms with Crippen molar-refractivity contribution in [3.8, 4) is 0 Å². The van der Waals surface area contributed by atoms with E-state index in [1.807, 2.05) is 0 Å².